The van der Waals surface area contributed by atoms with Crippen molar-refractivity contribution in [3.8, 4) is 0 Å². The van der Waals surface area contributed by atoms with Gasteiger partial charge < -0.3 is 5.32 Å². The third kappa shape index (κ3) is 3.44. The molecule has 0 radical (unpaired) electrons. The van der Waals surface area contributed by atoms with Crippen molar-refractivity contribution < 1.29 is 4.79 Å². The molecule has 1 atom stereocenters. The number of aromatic nitrogens is 4. The van der Waals surface area contributed by atoms with Crippen LogP contribution in [0.2, 0.25) is 10.0 Å². The molecule has 0 saturated carbocycles. The second-order valence-corrected chi connectivity index (χ2v) is 6.13. The van der Waals surface area contributed by atoms with E-state index < -0.39 is 0 Å². The van der Waals surface area contributed by atoms with E-state index in [4.69, 9.17) is 23.2 Å². The van der Waals surface area contributed by atoms with Crippen molar-refractivity contribution in [1.29, 1.82) is 0 Å². The molecule has 1 amide bonds. The van der Waals surface area contributed by atoms with Crippen molar-refractivity contribution in [3.05, 3.63) is 33.3 Å². The Balaban J connectivity index is 1.96. The van der Waals surface area contributed by atoms with Crippen LogP contribution in [0, 0.1) is 19.8 Å². The Bertz CT molecular complexity index is 672. The fourth-order valence-electron chi connectivity index (χ4n) is 2.18. The van der Waals surface area contributed by atoms with Crippen LogP contribution in [0.4, 0.5) is 0 Å². The van der Waals surface area contributed by atoms with E-state index in [1.165, 1.54) is 0 Å². The Hall–Kier alpha value is -1.53. The number of nitrogens with one attached hydrogen (secondary N) is 1. The van der Waals surface area contributed by atoms with E-state index in [1.807, 2.05) is 20.8 Å². The van der Waals surface area contributed by atoms with Crippen LogP contribution in [0.5, 0.6) is 0 Å². The number of carbonyl (C=O) groups excluding carboxylic acids is 1. The molecule has 0 aliphatic carbocycles. The summed E-state index contributed by atoms with van der Waals surface area (Å²) in [6.07, 6.45) is 1.56. The summed E-state index contributed by atoms with van der Waals surface area (Å²) < 4.78 is 3.41. The maximum Gasteiger partial charge on any atom is 0.225 e. The number of halogens is 2. The second kappa shape index (κ2) is 6.71. The quantitative estimate of drug-likeness (QED) is 0.906. The Morgan fingerprint density at radius 3 is 2.59 bits per heavy atom. The molecule has 0 saturated heterocycles. The molecular weight excluding hydrogens is 325 g/mol. The Kier molecular flexibility index (Phi) is 5.13. The van der Waals surface area contributed by atoms with Gasteiger partial charge in [-0.25, -0.2) is 0 Å². The van der Waals surface area contributed by atoms with Crippen LogP contribution in [0.3, 0.4) is 0 Å². The summed E-state index contributed by atoms with van der Waals surface area (Å²) in [7, 11) is 1.79. The van der Waals surface area contributed by atoms with Crippen LogP contribution in [-0.4, -0.2) is 25.5 Å². The van der Waals surface area contributed by atoms with Crippen LogP contribution in [0.1, 0.15) is 24.0 Å². The fraction of sp³-hybridized carbons (Fsp3) is 0.500. The topological polar surface area (TPSA) is 64.7 Å². The molecule has 0 spiro atoms. The smallest absolute Gasteiger partial charge is 0.225 e. The molecule has 22 heavy (non-hydrogen) atoms. The molecule has 0 bridgehead atoms. The minimum absolute atomic E-state index is 0.0686. The van der Waals surface area contributed by atoms with Crippen molar-refractivity contribution >= 4 is 29.1 Å². The SMILES string of the molecule is Cc1nn(CC(C)C(=O)NCc2c(Cl)cnn2C)c(C)c1Cl. The monoisotopic (exact) mass is 343 g/mol. The van der Waals surface area contributed by atoms with Gasteiger partial charge in [0, 0.05) is 7.05 Å². The van der Waals surface area contributed by atoms with Crippen LogP contribution in [0.25, 0.3) is 0 Å². The van der Waals surface area contributed by atoms with Gasteiger partial charge in [0.1, 0.15) is 0 Å². The van der Waals surface area contributed by atoms with Gasteiger partial charge in [0.05, 0.1) is 52.3 Å². The van der Waals surface area contributed by atoms with E-state index in [2.05, 4.69) is 15.5 Å². The third-order valence-electron chi connectivity index (χ3n) is 3.63. The van der Waals surface area contributed by atoms with Crippen LogP contribution < -0.4 is 5.32 Å². The van der Waals surface area contributed by atoms with Gasteiger partial charge in [-0.05, 0) is 13.8 Å². The highest BCUT2D eigenvalue weighted by atomic mass is 35.5. The lowest BCUT2D eigenvalue weighted by atomic mass is 10.1. The average molecular weight is 344 g/mol. The number of aryl methyl sites for hydroxylation is 2. The lowest BCUT2D eigenvalue weighted by molar-refractivity contribution is -0.125. The van der Waals surface area contributed by atoms with E-state index in [9.17, 15) is 4.79 Å². The first-order valence-electron chi connectivity index (χ1n) is 6.94. The summed E-state index contributed by atoms with van der Waals surface area (Å²) in [4.78, 5) is 12.2. The molecule has 8 heteroatoms. The molecule has 120 valence electrons. The molecule has 0 aliphatic heterocycles. The maximum atomic E-state index is 12.2. The summed E-state index contributed by atoms with van der Waals surface area (Å²) in [5, 5.41) is 12.4. The van der Waals surface area contributed by atoms with Gasteiger partial charge in [0.2, 0.25) is 5.91 Å². The Labute approximate surface area is 139 Å². The summed E-state index contributed by atoms with van der Waals surface area (Å²) in [5.74, 6) is -0.304. The zero-order chi connectivity index (χ0) is 16.4. The highest BCUT2D eigenvalue weighted by molar-refractivity contribution is 6.31. The third-order valence-corrected chi connectivity index (χ3v) is 4.49. The van der Waals surface area contributed by atoms with Crippen LogP contribution in [0.15, 0.2) is 6.20 Å². The second-order valence-electron chi connectivity index (χ2n) is 5.35. The number of amides is 1. The predicted octanol–water partition coefficient (Wildman–Crippen LogP) is 2.49. The minimum atomic E-state index is -0.235. The van der Waals surface area contributed by atoms with Gasteiger partial charge >= 0.3 is 0 Å². The lowest BCUT2D eigenvalue weighted by Crippen LogP contribution is -2.32. The van der Waals surface area contributed by atoms with Crippen molar-refractivity contribution in [1.82, 2.24) is 24.9 Å². The van der Waals surface area contributed by atoms with Gasteiger partial charge in [-0.1, -0.05) is 30.1 Å². The highest BCUT2D eigenvalue weighted by Crippen LogP contribution is 2.20. The van der Waals surface area contributed by atoms with Gasteiger partial charge in [0.15, 0.2) is 0 Å². The van der Waals surface area contributed by atoms with E-state index in [0.717, 1.165) is 17.1 Å². The standard InChI is InChI=1S/C14H19Cl2N5O/c1-8(7-21-10(3)13(16)9(2)19-21)14(22)17-6-12-11(15)5-18-20(12)4/h5,8H,6-7H2,1-4H3,(H,17,22). The largest absolute Gasteiger partial charge is 0.350 e. The highest BCUT2D eigenvalue weighted by Gasteiger charge is 2.18. The maximum absolute atomic E-state index is 12.2. The molecule has 0 aliphatic rings. The molecule has 2 rings (SSSR count). The number of hydrogen-bond acceptors (Lipinski definition) is 3. The lowest BCUT2D eigenvalue weighted by Gasteiger charge is -2.13. The summed E-state index contributed by atoms with van der Waals surface area (Å²) >= 11 is 12.1. The summed E-state index contributed by atoms with van der Waals surface area (Å²) in [6.45, 7) is 6.41. The number of rotatable bonds is 5. The number of hydrogen-bond donors (Lipinski definition) is 1. The molecule has 0 aromatic carbocycles. The fourth-order valence-corrected chi connectivity index (χ4v) is 2.54. The normalized spacial score (nSPS) is 12.5. The number of carbonyl (C=O) groups is 1. The zero-order valence-electron chi connectivity index (χ0n) is 13.0. The molecule has 2 aromatic rings. The minimum Gasteiger partial charge on any atom is -0.350 e. The number of nitrogens with zero attached hydrogens (tertiary/aromatic N) is 4. The van der Waals surface area contributed by atoms with Crippen molar-refractivity contribution in [2.75, 3.05) is 0 Å². The molecule has 0 fully saturated rings. The van der Waals surface area contributed by atoms with Gasteiger partial charge in [-0.3, -0.25) is 14.2 Å². The first-order chi connectivity index (χ1) is 10.3. The van der Waals surface area contributed by atoms with E-state index in [0.29, 0.717) is 23.1 Å². The van der Waals surface area contributed by atoms with Crippen molar-refractivity contribution in [2.45, 2.75) is 33.9 Å². The molecular formula is C14H19Cl2N5O. The Morgan fingerprint density at radius 2 is 2.09 bits per heavy atom. The predicted molar refractivity (Wildman–Crippen MR) is 85.9 cm³/mol. The molecule has 6 nitrogen and oxygen atoms in total. The first-order valence-corrected chi connectivity index (χ1v) is 7.70. The molecule has 2 aromatic heterocycles. The van der Waals surface area contributed by atoms with Gasteiger partial charge in [-0.2, -0.15) is 10.2 Å². The Morgan fingerprint density at radius 1 is 1.41 bits per heavy atom. The van der Waals surface area contributed by atoms with Crippen LogP contribution in [-0.2, 0) is 24.9 Å². The molecule has 1 N–H and O–H groups in total. The van der Waals surface area contributed by atoms with E-state index >= 15 is 0 Å². The molecule has 1 unspecified atom stereocenters. The summed E-state index contributed by atoms with van der Waals surface area (Å²) in [6, 6.07) is 0. The zero-order valence-corrected chi connectivity index (χ0v) is 14.5. The summed E-state index contributed by atoms with van der Waals surface area (Å²) in [5.41, 5.74) is 2.42. The van der Waals surface area contributed by atoms with E-state index in [-0.39, 0.29) is 11.8 Å². The van der Waals surface area contributed by atoms with Crippen LogP contribution >= 0.6 is 23.2 Å². The van der Waals surface area contributed by atoms with Crippen molar-refractivity contribution in [2.24, 2.45) is 13.0 Å². The van der Waals surface area contributed by atoms with Gasteiger partial charge in [-0.15, -0.1) is 0 Å². The molecule has 2 heterocycles. The van der Waals surface area contributed by atoms with Crippen molar-refractivity contribution in [3.63, 3.8) is 0 Å². The van der Waals surface area contributed by atoms with Gasteiger partial charge in [0.25, 0.3) is 0 Å². The average Bonchev–Trinajstić information content (AvgIpc) is 2.91. The first kappa shape index (κ1) is 16.8. The van der Waals surface area contributed by atoms with E-state index in [1.54, 1.807) is 22.6 Å².